The molecule has 0 aromatic heterocycles. The number of hydrogen-bond donors (Lipinski definition) is 3. The van der Waals surface area contributed by atoms with Crippen LogP contribution in [0.3, 0.4) is 0 Å². The minimum absolute atomic E-state index is 0.00718. The Balaban J connectivity index is 1.82. The molecule has 0 amide bonds. The first kappa shape index (κ1) is 30.9. The van der Waals surface area contributed by atoms with Gasteiger partial charge in [0.1, 0.15) is 11.4 Å². The molecule has 0 saturated heterocycles. The molecular weight excluding hydrogens is 508 g/mol. The Labute approximate surface area is 238 Å². The molecule has 7 heteroatoms. The third kappa shape index (κ3) is 4.21. The summed E-state index contributed by atoms with van der Waals surface area (Å²) in [4.78, 5) is 41.2. The van der Waals surface area contributed by atoms with E-state index in [1.54, 1.807) is 0 Å². The average Bonchev–Trinajstić information content (AvgIpc) is 3.00. The highest BCUT2D eigenvalue weighted by atomic mass is 16.5. The summed E-state index contributed by atoms with van der Waals surface area (Å²) in [5.74, 6) is -1.81. The molecule has 4 aliphatic rings. The Kier molecular flexibility index (Phi) is 7.10. The molecule has 0 bridgehead atoms. The summed E-state index contributed by atoms with van der Waals surface area (Å²) < 4.78 is 5.97. The maximum Gasteiger partial charge on any atom is 0.206 e. The zero-order valence-electron chi connectivity index (χ0n) is 25.8. The maximum atomic E-state index is 14.4. The number of ketones is 3. The Bertz CT molecular complexity index is 1210. The second-order valence-corrected chi connectivity index (χ2v) is 15.0. The maximum absolute atomic E-state index is 14.4. The van der Waals surface area contributed by atoms with Crippen LogP contribution in [-0.2, 0) is 19.1 Å². The summed E-state index contributed by atoms with van der Waals surface area (Å²) in [5, 5.41) is 33.3. The van der Waals surface area contributed by atoms with Gasteiger partial charge in [-0.15, -0.1) is 0 Å². The average molecular weight is 557 g/mol. The second kappa shape index (κ2) is 9.20. The van der Waals surface area contributed by atoms with Crippen LogP contribution in [0.1, 0.15) is 88.5 Å². The fourth-order valence-corrected chi connectivity index (χ4v) is 8.90. The zero-order chi connectivity index (χ0) is 30.4. The van der Waals surface area contributed by atoms with Crippen LogP contribution < -0.4 is 0 Å². The zero-order valence-corrected chi connectivity index (χ0v) is 25.8. The van der Waals surface area contributed by atoms with E-state index in [4.69, 9.17) is 4.74 Å². The third-order valence-corrected chi connectivity index (χ3v) is 11.1. The van der Waals surface area contributed by atoms with Gasteiger partial charge in [0.2, 0.25) is 5.78 Å². The van der Waals surface area contributed by atoms with E-state index in [1.807, 2.05) is 47.6 Å². The number of allylic oxidation sites excluding steroid dienone is 4. The van der Waals surface area contributed by atoms with Crippen molar-refractivity contribution >= 4 is 17.3 Å². The van der Waals surface area contributed by atoms with E-state index in [1.165, 1.54) is 32.9 Å². The molecule has 0 aliphatic heterocycles. The Hall–Kier alpha value is -2.09. The minimum Gasteiger partial charge on any atom is -0.488 e. The molecule has 4 aliphatic carbocycles. The number of hydrogen-bond acceptors (Lipinski definition) is 7. The minimum atomic E-state index is -1.95. The predicted octanol–water partition coefficient (Wildman–Crippen LogP) is 4.49. The van der Waals surface area contributed by atoms with Crippen LogP contribution >= 0.6 is 0 Å². The monoisotopic (exact) mass is 556 g/mol. The lowest BCUT2D eigenvalue weighted by atomic mass is 9.39. The van der Waals surface area contributed by atoms with Crippen molar-refractivity contribution in [2.45, 2.75) is 112 Å². The van der Waals surface area contributed by atoms with Crippen molar-refractivity contribution in [3.05, 3.63) is 35.6 Å². The lowest BCUT2D eigenvalue weighted by molar-refractivity contribution is -0.179. The molecule has 0 aromatic rings. The number of carbonyl (C=O) groups is 3. The van der Waals surface area contributed by atoms with E-state index < -0.39 is 50.7 Å². The van der Waals surface area contributed by atoms with E-state index in [0.29, 0.717) is 18.6 Å². The number of aliphatic hydroxyl groups excluding tert-OH is 1. The lowest BCUT2D eigenvalue weighted by Gasteiger charge is -2.63. The van der Waals surface area contributed by atoms with Crippen molar-refractivity contribution < 1.29 is 34.4 Å². The first-order valence-corrected chi connectivity index (χ1v) is 14.6. The SMILES string of the molecule is CC(C)OC1=CC2C(=CCC3C2(C)C(=O)CC2(C)C(C(C)(O)C(=O)/C=C/C(C)(C)O)C(O)CC32C)C(C)(C)C1=O. The molecule has 2 saturated carbocycles. The molecule has 222 valence electrons. The molecule has 8 unspecified atom stereocenters. The summed E-state index contributed by atoms with van der Waals surface area (Å²) >= 11 is 0. The molecule has 8 atom stereocenters. The van der Waals surface area contributed by atoms with Crippen molar-refractivity contribution in [1.82, 2.24) is 0 Å². The van der Waals surface area contributed by atoms with E-state index in [2.05, 4.69) is 13.0 Å². The Morgan fingerprint density at radius 3 is 2.23 bits per heavy atom. The van der Waals surface area contributed by atoms with Gasteiger partial charge in [-0.2, -0.15) is 0 Å². The molecule has 2 fully saturated rings. The third-order valence-electron chi connectivity index (χ3n) is 11.1. The molecule has 0 spiro atoms. The van der Waals surface area contributed by atoms with Gasteiger partial charge >= 0.3 is 0 Å². The smallest absolute Gasteiger partial charge is 0.206 e. The Morgan fingerprint density at radius 2 is 1.68 bits per heavy atom. The van der Waals surface area contributed by atoms with Gasteiger partial charge in [-0.25, -0.2) is 0 Å². The first-order valence-electron chi connectivity index (χ1n) is 14.6. The standard InChI is InChI=1S/C33H48O7/c1-18(2)40-22-15-20-19(29(5,6)27(22)37)11-12-23-30(7)16-21(34)26(31(30,8)17-25(36)32(20,23)9)33(10,39)24(35)13-14-28(3,4)38/h11,13-15,18,20-21,23,26,34,38-39H,12,16-17H2,1-10H3/b14-13+. The summed E-state index contributed by atoms with van der Waals surface area (Å²) in [6.07, 6.45) is 6.24. The van der Waals surface area contributed by atoms with Crippen molar-refractivity contribution in [3.63, 3.8) is 0 Å². The van der Waals surface area contributed by atoms with Crippen molar-refractivity contribution in [2.24, 2.45) is 39.4 Å². The van der Waals surface area contributed by atoms with Gasteiger partial charge in [0.15, 0.2) is 11.5 Å². The number of aliphatic hydroxyl groups is 3. The van der Waals surface area contributed by atoms with Crippen LogP contribution in [0.5, 0.6) is 0 Å². The normalized spacial score (nSPS) is 40.6. The van der Waals surface area contributed by atoms with Crippen LogP contribution in [0.15, 0.2) is 35.6 Å². The van der Waals surface area contributed by atoms with Gasteiger partial charge in [-0.05, 0) is 90.2 Å². The summed E-state index contributed by atoms with van der Waals surface area (Å²) in [6.45, 7) is 18.0. The molecular formula is C33H48O7. The van der Waals surface area contributed by atoms with Gasteiger partial charge in [0.25, 0.3) is 0 Å². The topological polar surface area (TPSA) is 121 Å². The second-order valence-electron chi connectivity index (χ2n) is 15.0. The van der Waals surface area contributed by atoms with Crippen molar-refractivity contribution in [2.75, 3.05) is 0 Å². The predicted molar refractivity (Wildman–Crippen MR) is 152 cm³/mol. The van der Waals surface area contributed by atoms with Gasteiger partial charge in [0.05, 0.1) is 23.2 Å². The molecule has 0 heterocycles. The summed E-state index contributed by atoms with van der Waals surface area (Å²) in [5.41, 5.74) is -5.40. The van der Waals surface area contributed by atoms with Gasteiger partial charge in [0, 0.05) is 23.7 Å². The number of rotatable bonds is 6. The summed E-state index contributed by atoms with van der Waals surface area (Å²) in [6, 6.07) is 0. The molecule has 40 heavy (non-hydrogen) atoms. The van der Waals surface area contributed by atoms with Gasteiger partial charge in [-0.1, -0.05) is 38.5 Å². The molecule has 0 radical (unpaired) electrons. The Morgan fingerprint density at radius 1 is 1.07 bits per heavy atom. The molecule has 0 aromatic carbocycles. The van der Waals surface area contributed by atoms with E-state index in [-0.39, 0.29) is 35.9 Å². The molecule has 4 rings (SSSR count). The highest BCUT2D eigenvalue weighted by Crippen LogP contribution is 2.73. The first-order chi connectivity index (χ1) is 18.0. The number of carbonyl (C=O) groups excluding carboxylic acids is 3. The van der Waals surface area contributed by atoms with Crippen LogP contribution in [0.2, 0.25) is 0 Å². The van der Waals surface area contributed by atoms with Gasteiger partial charge in [-0.3, -0.25) is 14.4 Å². The van der Waals surface area contributed by atoms with E-state index in [0.717, 1.165) is 5.57 Å². The lowest BCUT2D eigenvalue weighted by Crippen LogP contribution is -2.64. The van der Waals surface area contributed by atoms with Gasteiger partial charge < -0.3 is 20.1 Å². The molecule has 3 N–H and O–H groups in total. The number of Topliss-reactive ketones (excluding diaryl/α,β-unsaturated/α-hetero) is 2. The fourth-order valence-electron chi connectivity index (χ4n) is 8.90. The fraction of sp³-hybridized carbons (Fsp3) is 0.727. The highest BCUT2D eigenvalue weighted by molar-refractivity contribution is 6.02. The van der Waals surface area contributed by atoms with Crippen LogP contribution in [0.25, 0.3) is 0 Å². The largest absolute Gasteiger partial charge is 0.488 e. The molecule has 7 nitrogen and oxygen atoms in total. The van der Waals surface area contributed by atoms with E-state index in [9.17, 15) is 29.7 Å². The summed E-state index contributed by atoms with van der Waals surface area (Å²) in [7, 11) is 0. The van der Waals surface area contributed by atoms with Crippen molar-refractivity contribution in [1.29, 1.82) is 0 Å². The highest BCUT2D eigenvalue weighted by Gasteiger charge is 2.74. The number of fused-ring (bicyclic) bond motifs is 5. The van der Waals surface area contributed by atoms with Crippen molar-refractivity contribution in [3.8, 4) is 0 Å². The van der Waals surface area contributed by atoms with Crippen LogP contribution in [-0.4, -0.2) is 56.1 Å². The van der Waals surface area contributed by atoms with Crippen LogP contribution in [0.4, 0.5) is 0 Å². The van der Waals surface area contributed by atoms with E-state index >= 15 is 0 Å². The van der Waals surface area contributed by atoms with Crippen LogP contribution in [0, 0.1) is 39.4 Å². The number of ether oxygens (including phenoxy) is 1. The quantitative estimate of drug-likeness (QED) is 0.326.